The van der Waals surface area contributed by atoms with Crippen LogP contribution in [0.3, 0.4) is 0 Å². The highest BCUT2D eigenvalue weighted by molar-refractivity contribution is 8.03. The van der Waals surface area contributed by atoms with Gasteiger partial charge in [0.15, 0.2) is 0 Å². The third-order valence-corrected chi connectivity index (χ3v) is 5.72. The first-order chi connectivity index (χ1) is 13.4. The predicted octanol–water partition coefficient (Wildman–Crippen LogP) is 3.54. The average molecular weight is 390 g/mol. The molecule has 28 heavy (non-hydrogen) atoms. The van der Waals surface area contributed by atoms with E-state index in [1.165, 1.54) is 0 Å². The minimum atomic E-state index is -0.946. The molecule has 0 bridgehead atoms. The number of hydrogen-bond donors (Lipinski definition) is 2. The van der Waals surface area contributed by atoms with Gasteiger partial charge in [-0.15, -0.1) is 0 Å². The molecular formula is C21H18N4O2S. The second kappa shape index (κ2) is 7.75. The van der Waals surface area contributed by atoms with E-state index < -0.39 is 17.2 Å². The van der Waals surface area contributed by atoms with Crippen molar-refractivity contribution in [1.82, 2.24) is 5.32 Å². The van der Waals surface area contributed by atoms with Crippen LogP contribution in [0.4, 0.5) is 5.69 Å². The molecule has 1 heterocycles. The number of hydrogen-bond acceptors (Lipinski definition) is 5. The average Bonchev–Trinajstić information content (AvgIpc) is 2.66. The van der Waals surface area contributed by atoms with Crippen LogP contribution in [0.5, 0.6) is 0 Å². The van der Waals surface area contributed by atoms with Crippen LogP contribution >= 0.6 is 11.8 Å². The summed E-state index contributed by atoms with van der Waals surface area (Å²) in [4.78, 5) is 24.5. The van der Waals surface area contributed by atoms with E-state index in [4.69, 9.17) is 0 Å². The van der Waals surface area contributed by atoms with E-state index in [1.807, 2.05) is 48.5 Å². The molecule has 0 spiro atoms. The molecular weight excluding hydrogens is 372 g/mol. The van der Waals surface area contributed by atoms with Gasteiger partial charge >= 0.3 is 0 Å². The van der Waals surface area contributed by atoms with Gasteiger partial charge in [0.25, 0.3) is 0 Å². The maximum absolute atomic E-state index is 12.3. The molecule has 0 fully saturated rings. The fourth-order valence-corrected chi connectivity index (χ4v) is 4.11. The Hall–Kier alpha value is -3.29. The standard InChI is InChI=1S/C21H18N4O2S/c1-21(2)16(10-22)19(27)25-20(17(21)11-23)28-12-18(26)24-15-8-7-13-5-3-4-6-14(13)9-15/h3-9,16H,12H2,1-2H3,(H,24,26)(H,25,27)/t16-/m0/s1. The van der Waals surface area contributed by atoms with Gasteiger partial charge in [0.2, 0.25) is 11.8 Å². The van der Waals surface area contributed by atoms with Gasteiger partial charge in [-0.25, -0.2) is 0 Å². The van der Waals surface area contributed by atoms with Crippen molar-refractivity contribution < 1.29 is 9.59 Å². The lowest BCUT2D eigenvalue weighted by atomic mass is 9.72. The Morgan fingerprint density at radius 2 is 1.93 bits per heavy atom. The molecule has 140 valence electrons. The van der Waals surface area contributed by atoms with Gasteiger partial charge in [-0.05, 0) is 22.9 Å². The van der Waals surface area contributed by atoms with E-state index in [1.54, 1.807) is 13.8 Å². The molecule has 0 aliphatic carbocycles. The van der Waals surface area contributed by atoms with Crippen molar-refractivity contribution in [2.45, 2.75) is 13.8 Å². The lowest BCUT2D eigenvalue weighted by Crippen LogP contribution is -2.44. The van der Waals surface area contributed by atoms with E-state index in [-0.39, 0.29) is 11.7 Å². The summed E-state index contributed by atoms with van der Waals surface area (Å²) in [5, 5.41) is 26.6. The molecule has 1 atom stereocenters. The third-order valence-electron chi connectivity index (χ3n) is 4.71. The molecule has 3 rings (SSSR count). The Bertz CT molecular complexity index is 1080. The Morgan fingerprint density at radius 3 is 2.61 bits per heavy atom. The van der Waals surface area contributed by atoms with Gasteiger partial charge in [-0.2, -0.15) is 10.5 Å². The van der Waals surface area contributed by atoms with Gasteiger partial charge in [-0.3, -0.25) is 9.59 Å². The predicted molar refractivity (Wildman–Crippen MR) is 109 cm³/mol. The summed E-state index contributed by atoms with van der Waals surface area (Å²) in [5.74, 6) is -1.62. The number of rotatable bonds is 4. The number of benzene rings is 2. The number of carbonyl (C=O) groups is 2. The summed E-state index contributed by atoms with van der Waals surface area (Å²) >= 11 is 1.08. The minimum absolute atomic E-state index is 0.0287. The zero-order chi connectivity index (χ0) is 20.3. The maximum Gasteiger partial charge on any atom is 0.243 e. The van der Waals surface area contributed by atoms with Crippen LogP contribution < -0.4 is 10.6 Å². The van der Waals surface area contributed by atoms with Crippen LogP contribution in [0.15, 0.2) is 53.1 Å². The number of fused-ring (bicyclic) bond motifs is 1. The van der Waals surface area contributed by atoms with Crippen molar-refractivity contribution in [1.29, 1.82) is 10.5 Å². The van der Waals surface area contributed by atoms with Crippen LogP contribution in [-0.4, -0.2) is 17.6 Å². The Morgan fingerprint density at radius 1 is 1.21 bits per heavy atom. The van der Waals surface area contributed by atoms with Gasteiger partial charge in [0, 0.05) is 11.1 Å². The molecule has 2 aromatic rings. The Balaban J connectivity index is 1.72. The van der Waals surface area contributed by atoms with Gasteiger partial charge in [0.05, 0.1) is 28.5 Å². The molecule has 0 aromatic heterocycles. The quantitative estimate of drug-likeness (QED) is 0.830. The third kappa shape index (κ3) is 3.71. The molecule has 0 radical (unpaired) electrons. The van der Waals surface area contributed by atoms with Crippen molar-refractivity contribution >= 4 is 40.0 Å². The normalized spacial score (nSPS) is 18.1. The topological polar surface area (TPSA) is 106 Å². The summed E-state index contributed by atoms with van der Waals surface area (Å²) in [6.45, 7) is 3.38. The number of carbonyl (C=O) groups excluding carboxylic acids is 2. The van der Waals surface area contributed by atoms with Gasteiger partial charge in [-0.1, -0.05) is 55.9 Å². The fourth-order valence-electron chi connectivity index (χ4n) is 3.14. The number of nitrogens with one attached hydrogen (secondary N) is 2. The largest absolute Gasteiger partial charge is 0.325 e. The number of allylic oxidation sites excluding steroid dienone is 1. The first kappa shape index (κ1) is 19.5. The molecule has 2 N–H and O–H groups in total. The highest BCUT2D eigenvalue weighted by Gasteiger charge is 2.44. The first-order valence-electron chi connectivity index (χ1n) is 8.63. The lowest BCUT2D eigenvalue weighted by Gasteiger charge is -2.34. The van der Waals surface area contributed by atoms with Crippen LogP contribution in [0.25, 0.3) is 10.8 Å². The number of thioether (sulfide) groups is 1. The molecule has 2 aromatic carbocycles. The lowest BCUT2D eigenvalue weighted by molar-refractivity contribution is -0.125. The molecule has 2 amide bonds. The fraction of sp³-hybridized carbons (Fsp3) is 0.238. The van der Waals surface area contributed by atoms with E-state index in [9.17, 15) is 20.1 Å². The number of nitriles is 2. The van der Waals surface area contributed by atoms with Crippen molar-refractivity contribution in [2.75, 3.05) is 11.1 Å². The van der Waals surface area contributed by atoms with Crippen molar-refractivity contribution in [2.24, 2.45) is 11.3 Å². The summed E-state index contributed by atoms with van der Waals surface area (Å²) < 4.78 is 0. The van der Waals surface area contributed by atoms with E-state index in [0.29, 0.717) is 16.3 Å². The number of anilines is 1. The van der Waals surface area contributed by atoms with Crippen molar-refractivity contribution in [3.63, 3.8) is 0 Å². The van der Waals surface area contributed by atoms with E-state index in [0.717, 1.165) is 22.5 Å². The van der Waals surface area contributed by atoms with Crippen LogP contribution in [0, 0.1) is 34.0 Å². The second-order valence-corrected chi connectivity index (χ2v) is 7.97. The van der Waals surface area contributed by atoms with Crippen molar-refractivity contribution in [3.05, 3.63) is 53.1 Å². The van der Waals surface area contributed by atoms with E-state index in [2.05, 4.69) is 16.7 Å². The van der Waals surface area contributed by atoms with E-state index >= 15 is 0 Å². The molecule has 6 nitrogen and oxygen atoms in total. The number of amides is 2. The maximum atomic E-state index is 12.3. The minimum Gasteiger partial charge on any atom is -0.325 e. The highest BCUT2D eigenvalue weighted by Crippen LogP contribution is 2.41. The summed E-state index contributed by atoms with van der Waals surface area (Å²) in [5.41, 5.74) is 0.0710. The molecule has 1 aliphatic rings. The van der Waals surface area contributed by atoms with Gasteiger partial charge in [0.1, 0.15) is 5.92 Å². The summed E-state index contributed by atoms with van der Waals surface area (Å²) in [6, 6.07) is 17.5. The Kier molecular flexibility index (Phi) is 5.39. The molecule has 0 unspecified atom stereocenters. The zero-order valence-electron chi connectivity index (χ0n) is 15.4. The zero-order valence-corrected chi connectivity index (χ0v) is 16.3. The Labute approximate surface area is 167 Å². The van der Waals surface area contributed by atoms with Crippen molar-refractivity contribution in [3.8, 4) is 12.1 Å². The van der Waals surface area contributed by atoms with Crippen LogP contribution in [-0.2, 0) is 9.59 Å². The van der Waals surface area contributed by atoms with Gasteiger partial charge < -0.3 is 10.6 Å². The number of nitrogens with zero attached hydrogens (tertiary/aromatic N) is 2. The monoisotopic (exact) mass is 390 g/mol. The van der Waals surface area contributed by atoms with Crippen LogP contribution in [0.1, 0.15) is 13.8 Å². The molecule has 1 aliphatic heterocycles. The highest BCUT2D eigenvalue weighted by atomic mass is 32.2. The summed E-state index contributed by atoms with van der Waals surface area (Å²) in [7, 11) is 0. The summed E-state index contributed by atoms with van der Waals surface area (Å²) in [6.07, 6.45) is 0. The molecule has 0 saturated heterocycles. The second-order valence-electron chi connectivity index (χ2n) is 6.99. The molecule has 0 saturated carbocycles. The molecule has 7 heteroatoms. The first-order valence-corrected chi connectivity index (χ1v) is 9.62. The smallest absolute Gasteiger partial charge is 0.243 e. The SMILES string of the molecule is CC1(C)C(C#N)=C(SCC(=O)Nc2ccc3ccccc3c2)NC(=O)[C@@H]1C#N. The van der Waals surface area contributed by atoms with Crippen LogP contribution in [0.2, 0.25) is 0 Å².